The predicted molar refractivity (Wildman–Crippen MR) is 40.7 cm³/mol. The molecule has 0 aliphatic carbocycles. The highest BCUT2D eigenvalue weighted by Gasteiger charge is 2.02. The van der Waals surface area contributed by atoms with Gasteiger partial charge < -0.3 is 0 Å². The standard InChI is InChI=1S/C7H5FN2S/c1-11-5-2-6(8)7(3-9)10-4-5/h2,4H,1H3. The first-order valence-corrected chi connectivity index (χ1v) is 4.10. The molecule has 1 aromatic rings. The molecule has 0 aliphatic heterocycles. The number of nitriles is 1. The van der Waals surface area contributed by atoms with Gasteiger partial charge in [0.05, 0.1) is 0 Å². The predicted octanol–water partition coefficient (Wildman–Crippen LogP) is 1.81. The van der Waals surface area contributed by atoms with Crippen LogP contribution in [0.1, 0.15) is 5.69 Å². The van der Waals surface area contributed by atoms with Crippen LogP contribution in [0.2, 0.25) is 0 Å². The zero-order valence-corrected chi connectivity index (χ0v) is 6.65. The minimum Gasteiger partial charge on any atom is -0.241 e. The average molecular weight is 168 g/mol. The Balaban J connectivity index is 3.12. The lowest BCUT2D eigenvalue weighted by atomic mass is 10.3. The largest absolute Gasteiger partial charge is 0.241 e. The molecule has 0 atom stereocenters. The molecule has 2 nitrogen and oxygen atoms in total. The first-order valence-electron chi connectivity index (χ1n) is 2.87. The van der Waals surface area contributed by atoms with Crippen LogP contribution < -0.4 is 0 Å². The summed E-state index contributed by atoms with van der Waals surface area (Å²) >= 11 is 1.39. The number of nitrogens with zero attached hydrogens (tertiary/aromatic N) is 2. The molecular weight excluding hydrogens is 163 g/mol. The smallest absolute Gasteiger partial charge is 0.176 e. The van der Waals surface area contributed by atoms with Crippen molar-refractivity contribution in [3.63, 3.8) is 0 Å². The molecule has 1 heterocycles. The molecule has 1 rings (SSSR count). The van der Waals surface area contributed by atoms with E-state index in [2.05, 4.69) is 4.98 Å². The van der Waals surface area contributed by atoms with E-state index in [0.717, 1.165) is 4.90 Å². The first kappa shape index (κ1) is 8.02. The van der Waals surface area contributed by atoms with E-state index < -0.39 is 5.82 Å². The minimum atomic E-state index is -0.556. The number of hydrogen-bond acceptors (Lipinski definition) is 3. The van der Waals surface area contributed by atoms with Crippen molar-refractivity contribution >= 4 is 11.8 Å². The van der Waals surface area contributed by atoms with Gasteiger partial charge in [0, 0.05) is 11.1 Å². The summed E-state index contributed by atoms with van der Waals surface area (Å²) in [5.41, 5.74) is -0.150. The molecule has 0 amide bonds. The van der Waals surface area contributed by atoms with Crippen molar-refractivity contribution in [1.82, 2.24) is 4.98 Å². The normalized spacial score (nSPS) is 9.18. The first-order chi connectivity index (χ1) is 5.27. The topological polar surface area (TPSA) is 36.7 Å². The van der Waals surface area contributed by atoms with Gasteiger partial charge in [-0.2, -0.15) is 5.26 Å². The van der Waals surface area contributed by atoms with Crippen LogP contribution in [0.5, 0.6) is 0 Å². The molecule has 0 unspecified atom stereocenters. The van der Waals surface area contributed by atoms with Crippen LogP contribution in [0.15, 0.2) is 17.2 Å². The molecule has 0 spiro atoms. The van der Waals surface area contributed by atoms with Crippen molar-refractivity contribution in [2.75, 3.05) is 6.26 Å². The van der Waals surface area contributed by atoms with Crippen LogP contribution in [0.25, 0.3) is 0 Å². The van der Waals surface area contributed by atoms with Gasteiger partial charge in [0.15, 0.2) is 11.5 Å². The van der Waals surface area contributed by atoms with E-state index in [1.165, 1.54) is 24.0 Å². The Morgan fingerprint density at radius 1 is 1.73 bits per heavy atom. The van der Waals surface area contributed by atoms with Crippen LogP contribution in [-0.2, 0) is 0 Å². The average Bonchev–Trinajstić information content (AvgIpc) is 2.04. The third kappa shape index (κ3) is 1.69. The summed E-state index contributed by atoms with van der Waals surface area (Å²) < 4.78 is 12.7. The van der Waals surface area contributed by atoms with Crippen molar-refractivity contribution in [2.24, 2.45) is 0 Å². The second-order valence-electron chi connectivity index (χ2n) is 1.82. The monoisotopic (exact) mass is 168 g/mol. The van der Waals surface area contributed by atoms with Gasteiger partial charge in [0.1, 0.15) is 6.07 Å². The van der Waals surface area contributed by atoms with Crippen molar-refractivity contribution in [3.8, 4) is 6.07 Å². The number of pyridine rings is 1. The Hall–Kier alpha value is -1.08. The van der Waals surface area contributed by atoms with Gasteiger partial charge in [-0.15, -0.1) is 11.8 Å². The lowest BCUT2D eigenvalue weighted by Gasteiger charge is -1.95. The lowest BCUT2D eigenvalue weighted by Crippen LogP contribution is -1.88. The summed E-state index contributed by atoms with van der Waals surface area (Å²) in [7, 11) is 0. The van der Waals surface area contributed by atoms with Gasteiger partial charge >= 0.3 is 0 Å². The van der Waals surface area contributed by atoms with Gasteiger partial charge in [-0.1, -0.05) is 0 Å². The molecule has 0 saturated carbocycles. The van der Waals surface area contributed by atoms with Crippen LogP contribution in [0, 0.1) is 17.1 Å². The van der Waals surface area contributed by atoms with Crippen LogP contribution in [0.4, 0.5) is 4.39 Å². The molecule has 0 fully saturated rings. The number of aromatic nitrogens is 1. The molecule has 0 bridgehead atoms. The Morgan fingerprint density at radius 2 is 2.45 bits per heavy atom. The molecular formula is C7H5FN2S. The second-order valence-corrected chi connectivity index (χ2v) is 2.70. The fourth-order valence-electron chi connectivity index (χ4n) is 0.614. The van der Waals surface area contributed by atoms with E-state index in [9.17, 15) is 4.39 Å². The molecule has 0 N–H and O–H groups in total. The third-order valence-corrected chi connectivity index (χ3v) is 1.85. The zero-order valence-electron chi connectivity index (χ0n) is 5.84. The fourth-order valence-corrected chi connectivity index (χ4v) is 0.994. The summed E-state index contributed by atoms with van der Waals surface area (Å²) in [6.07, 6.45) is 3.30. The molecule has 56 valence electrons. The van der Waals surface area contributed by atoms with E-state index in [-0.39, 0.29) is 5.69 Å². The van der Waals surface area contributed by atoms with Gasteiger partial charge in [0.25, 0.3) is 0 Å². The Morgan fingerprint density at radius 3 is 2.91 bits per heavy atom. The Labute approximate surface area is 68.1 Å². The summed E-state index contributed by atoms with van der Waals surface area (Å²) in [5.74, 6) is -0.556. The Kier molecular flexibility index (Phi) is 2.44. The van der Waals surface area contributed by atoms with Gasteiger partial charge in [-0.3, -0.25) is 0 Å². The van der Waals surface area contributed by atoms with Crippen LogP contribution in [-0.4, -0.2) is 11.2 Å². The highest BCUT2D eigenvalue weighted by molar-refractivity contribution is 7.98. The van der Waals surface area contributed by atoms with Gasteiger partial charge in [-0.05, 0) is 12.3 Å². The van der Waals surface area contributed by atoms with Crippen molar-refractivity contribution in [2.45, 2.75) is 4.90 Å². The number of thioether (sulfide) groups is 1. The van der Waals surface area contributed by atoms with Crippen molar-refractivity contribution in [1.29, 1.82) is 5.26 Å². The number of rotatable bonds is 1. The molecule has 0 aromatic carbocycles. The minimum absolute atomic E-state index is 0.150. The summed E-state index contributed by atoms with van der Waals surface area (Å²) in [4.78, 5) is 4.33. The highest BCUT2D eigenvalue weighted by Crippen LogP contribution is 2.15. The molecule has 0 radical (unpaired) electrons. The fraction of sp³-hybridized carbons (Fsp3) is 0.143. The quantitative estimate of drug-likeness (QED) is 0.600. The van der Waals surface area contributed by atoms with Crippen molar-refractivity contribution in [3.05, 3.63) is 23.8 Å². The number of hydrogen-bond donors (Lipinski definition) is 0. The molecule has 4 heteroatoms. The van der Waals surface area contributed by atoms with E-state index in [1.54, 1.807) is 6.07 Å². The maximum atomic E-state index is 12.7. The summed E-state index contributed by atoms with van der Waals surface area (Å²) in [5, 5.41) is 8.32. The third-order valence-electron chi connectivity index (χ3n) is 1.16. The molecule has 11 heavy (non-hydrogen) atoms. The number of halogens is 1. The lowest BCUT2D eigenvalue weighted by molar-refractivity contribution is 0.612. The van der Waals surface area contributed by atoms with Gasteiger partial charge in [-0.25, -0.2) is 9.37 Å². The second kappa shape index (κ2) is 3.35. The molecule has 1 aromatic heterocycles. The maximum Gasteiger partial charge on any atom is 0.176 e. The molecule has 0 aliphatic rings. The highest BCUT2D eigenvalue weighted by atomic mass is 32.2. The maximum absolute atomic E-state index is 12.7. The van der Waals surface area contributed by atoms with Crippen molar-refractivity contribution < 1.29 is 4.39 Å². The Bertz CT molecular complexity index is 306. The SMILES string of the molecule is CSc1cnc(C#N)c(F)c1. The van der Waals surface area contributed by atoms with Crippen LogP contribution in [0.3, 0.4) is 0 Å². The van der Waals surface area contributed by atoms with E-state index in [0.29, 0.717) is 0 Å². The van der Waals surface area contributed by atoms with Gasteiger partial charge in [0.2, 0.25) is 0 Å². The molecule has 0 saturated heterocycles. The van der Waals surface area contributed by atoms with E-state index in [4.69, 9.17) is 5.26 Å². The summed E-state index contributed by atoms with van der Waals surface area (Å²) in [6, 6.07) is 2.95. The van der Waals surface area contributed by atoms with E-state index >= 15 is 0 Å². The van der Waals surface area contributed by atoms with Crippen LogP contribution >= 0.6 is 11.8 Å². The summed E-state index contributed by atoms with van der Waals surface area (Å²) in [6.45, 7) is 0. The van der Waals surface area contributed by atoms with E-state index in [1.807, 2.05) is 6.26 Å². The zero-order chi connectivity index (χ0) is 8.27.